The second-order valence-electron chi connectivity index (χ2n) is 5.80. The number of thiophene rings is 1. The van der Waals surface area contributed by atoms with Crippen molar-refractivity contribution in [3.8, 4) is 0 Å². The molecular formula is C20H16FNO5S. The number of ether oxygens (including phenoxy) is 2. The van der Waals surface area contributed by atoms with Crippen molar-refractivity contribution in [2.75, 3.05) is 13.7 Å². The van der Waals surface area contributed by atoms with Crippen molar-refractivity contribution in [2.24, 2.45) is 0 Å². The Bertz CT molecular complexity index is 1030. The zero-order chi connectivity index (χ0) is 20.1. The van der Waals surface area contributed by atoms with Crippen molar-refractivity contribution < 1.29 is 28.2 Å². The van der Waals surface area contributed by atoms with Crippen LogP contribution in [0.15, 0.2) is 48.5 Å². The highest BCUT2D eigenvalue weighted by Crippen LogP contribution is 2.28. The van der Waals surface area contributed by atoms with Gasteiger partial charge in [-0.15, -0.1) is 11.3 Å². The van der Waals surface area contributed by atoms with E-state index in [1.807, 2.05) is 0 Å². The molecule has 28 heavy (non-hydrogen) atoms. The fourth-order valence-electron chi connectivity index (χ4n) is 2.46. The van der Waals surface area contributed by atoms with Gasteiger partial charge >= 0.3 is 11.9 Å². The summed E-state index contributed by atoms with van der Waals surface area (Å²) in [5.41, 5.74) is 1.18. The molecule has 1 N–H and O–H groups in total. The van der Waals surface area contributed by atoms with Crippen molar-refractivity contribution in [3.63, 3.8) is 0 Å². The summed E-state index contributed by atoms with van der Waals surface area (Å²) < 4.78 is 23.9. The van der Waals surface area contributed by atoms with Crippen LogP contribution in [0.1, 0.15) is 25.6 Å². The van der Waals surface area contributed by atoms with Crippen LogP contribution in [0.5, 0.6) is 0 Å². The molecule has 8 heteroatoms. The fourth-order valence-corrected chi connectivity index (χ4v) is 3.43. The first kappa shape index (κ1) is 19.5. The number of methoxy groups -OCH3 is 1. The number of carbonyl (C=O) groups excluding carboxylic acids is 3. The van der Waals surface area contributed by atoms with E-state index in [-0.39, 0.29) is 11.4 Å². The number of esters is 2. The number of hydrogen-bond donors (Lipinski definition) is 1. The maximum atomic E-state index is 13.7. The minimum atomic E-state index is -0.682. The minimum absolute atomic E-state index is 0.214. The number of amides is 1. The van der Waals surface area contributed by atoms with Crippen LogP contribution < -0.4 is 5.32 Å². The van der Waals surface area contributed by atoms with Crippen LogP contribution in [-0.4, -0.2) is 31.6 Å². The molecule has 0 bridgehead atoms. The smallest absolute Gasteiger partial charge is 0.348 e. The minimum Gasteiger partial charge on any atom is -0.465 e. The molecule has 0 saturated carbocycles. The molecule has 2 aromatic carbocycles. The molecule has 6 nitrogen and oxygen atoms in total. The van der Waals surface area contributed by atoms with Gasteiger partial charge in [-0.25, -0.2) is 14.0 Å². The van der Waals surface area contributed by atoms with Gasteiger partial charge in [0.2, 0.25) is 0 Å². The molecule has 0 spiro atoms. The van der Waals surface area contributed by atoms with E-state index in [1.54, 1.807) is 36.4 Å². The van der Waals surface area contributed by atoms with Crippen molar-refractivity contribution in [2.45, 2.75) is 6.54 Å². The number of nitrogens with one attached hydrogen (secondary N) is 1. The molecule has 0 saturated heterocycles. The summed E-state index contributed by atoms with van der Waals surface area (Å²) in [5.74, 6) is -2.01. The van der Waals surface area contributed by atoms with Crippen molar-refractivity contribution in [3.05, 3.63) is 70.4 Å². The lowest BCUT2D eigenvalue weighted by molar-refractivity contribution is -0.124. The molecule has 144 valence electrons. The second kappa shape index (κ2) is 8.62. The van der Waals surface area contributed by atoms with Crippen LogP contribution in [0, 0.1) is 5.82 Å². The standard InChI is InChI=1S/C20H16FNO5S/c1-26-19(24)13-7-5-12(6-8-13)10-22-18(23)11-27-20(25)17-9-14-15(21)3-2-4-16(14)28-17/h2-9H,10-11H2,1H3,(H,22,23). The highest BCUT2D eigenvalue weighted by molar-refractivity contribution is 7.20. The monoisotopic (exact) mass is 401 g/mol. The van der Waals surface area contributed by atoms with E-state index >= 15 is 0 Å². The van der Waals surface area contributed by atoms with Crippen LogP contribution in [0.2, 0.25) is 0 Å². The Morgan fingerprint density at radius 1 is 1.07 bits per heavy atom. The maximum absolute atomic E-state index is 13.7. The summed E-state index contributed by atoms with van der Waals surface area (Å²) in [5, 5.41) is 2.96. The van der Waals surface area contributed by atoms with Gasteiger partial charge in [-0.2, -0.15) is 0 Å². The maximum Gasteiger partial charge on any atom is 0.348 e. The predicted molar refractivity (Wildman–Crippen MR) is 102 cm³/mol. The van der Waals surface area contributed by atoms with E-state index < -0.39 is 30.3 Å². The lowest BCUT2D eigenvalue weighted by Gasteiger charge is -2.07. The number of fused-ring (bicyclic) bond motifs is 1. The highest BCUT2D eigenvalue weighted by Gasteiger charge is 2.15. The summed E-state index contributed by atoms with van der Waals surface area (Å²) in [6.07, 6.45) is 0. The Morgan fingerprint density at radius 3 is 2.50 bits per heavy atom. The van der Waals surface area contributed by atoms with Crippen molar-refractivity contribution in [1.29, 1.82) is 0 Å². The van der Waals surface area contributed by atoms with Gasteiger partial charge in [0.25, 0.3) is 5.91 Å². The summed E-state index contributed by atoms with van der Waals surface area (Å²) in [4.78, 5) is 35.6. The molecule has 0 aliphatic carbocycles. The van der Waals surface area contributed by atoms with Crippen molar-refractivity contribution >= 4 is 39.3 Å². The molecular weight excluding hydrogens is 385 g/mol. The summed E-state index contributed by atoms with van der Waals surface area (Å²) in [6.45, 7) is -0.234. The molecule has 0 aliphatic heterocycles. The first-order chi connectivity index (χ1) is 13.5. The van der Waals surface area contributed by atoms with Gasteiger partial charge in [0.1, 0.15) is 10.7 Å². The van der Waals surface area contributed by atoms with Gasteiger partial charge in [-0.3, -0.25) is 4.79 Å². The third-order valence-corrected chi connectivity index (χ3v) is 4.99. The van der Waals surface area contributed by atoms with E-state index in [9.17, 15) is 18.8 Å². The largest absolute Gasteiger partial charge is 0.465 e. The first-order valence-electron chi connectivity index (χ1n) is 8.27. The SMILES string of the molecule is COC(=O)c1ccc(CNC(=O)COC(=O)c2cc3c(F)cccc3s2)cc1. The van der Waals surface area contributed by atoms with Gasteiger partial charge in [-0.05, 0) is 35.9 Å². The molecule has 3 rings (SSSR count). The quantitative estimate of drug-likeness (QED) is 0.641. The number of carbonyl (C=O) groups is 3. The molecule has 1 amide bonds. The lowest BCUT2D eigenvalue weighted by Crippen LogP contribution is -2.28. The van der Waals surface area contributed by atoms with E-state index in [4.69, 9.17) is 4.74 Å². The third kappa shape index (κ3) is 4.52. The topological polar surface area (TPSA) is 81.7 Å². The zero-order valence-electron chi connectivity index (χ0n) is 14.9. The predicted octanol–water partition coefficient (Wildman–Crippen LogP) is 3.30. The number of rotatable bonds is 6. The molecule has 0 unspecified atom stereocenters. The first-order valence-corrected chi connectivity index (χ1v) is 9.08. The van der Waals surface area contributed by atoms with E-state index in [0.717, 1.165) is 16.9 Å². The highest BCUT2D eigenvalue weighted by atomic mass is 32.1. The lowest BCUT2D eigenvalue weighted by atomic mass is 10.1. The normalized spacial score (nSPS) is 10.5. The Hall–Kier alpha value is -3.26. The number of hydrogen-bond acceptors (Lipinski definition) is 6. The van der Waals surface area contributed by atoms with Crippen LogP contribution in [-0.2, 0) is 20.8 Å². The van der Waals surface area contributed by atoms with Crippen molar-refractivity contribution in [1.82, 2.24) is 5.32 Å². The Labute approximate surface area is 163 Å². The van der Waals surface area contributed by atoms with Crippen LogP contribution in [0.4, 0.5) is 4.39 Å². The average Bonchev–Trinajstić information content (AvgIpc) is 3.16. The zero-order valence-corrected chi connectivity index (χ0v) is 15.7. The summed E-state index contributed by atoms with van der Waals surface area (Å²) >= 11 is 1.10. The second-order valence-corrected chi connectivity index (χ2v) is 6.89. The van der Waals surface area contributed by atoms with E-state index in [2.05, 4.69) is 10.1 Å². The Balaban J connectivity index is 1.50. The fraction of sp³-hybridized carbons (Fsp3) is 0.150. The molecule has 0 radical (unpaired) electrons. The molecule has 0 aliphatic rings. The molecule has 0 fully saturated rings. The van der Waals surface area contributed by atoms with Crippen LogP contribution >= 0.6 is 11.3 Å². The van der Waals surface area contributed by atoms with E-state index in [1.165, 1.54) is 19.2 Å². The van der Waals surface area contributed by atoms with Gasteiger partial charge in [0, 0.05) is 16.6 Å². The molecule has 1 aromatic heterocycles. The van der Waals surface area contributed by atoms with E-state index in [0.29, 0.717) is 15.6 Å². The Kier molecular flexibility index (Phi) is 6.00. The summed E-state index contributed by atoms with van der Waals surface area (Å²) in [7, 11) is 1.30. The van der Waals surface area contributed by atoms with Crippen LogP contribution in [0.3, 0.4) is 0 Å². The van der Waals surface area contributed by atoms with Gasteiger partial charge in [0.05, 0.1) is 12.7 Å². The molecule has 3 aromatic rings. The molecule has 1 heterocycles. The number of benzene rings is 2. The Morgan fingerprint density at radius 2 is 1.82 bits per heavy atom. The van der Waals surface area contributed by atoms with Gasteiger partial charge in [0.15, 0.2) is 6.61 Å². The van der Waals surface area contributed by atoms with Crippen LogP contribution in [0.25, 0.3) is 10.1 Å². The van der Waals surface area contributed by atoms with Gasteiger partial charge in [-0.1, -0.05) is 18.2 Å². The van der Waals surface area contributed by atoms with Gasteiger partial charge < -0.3 is 14.8 Å². The number of halogens is 1. The third-order valence-electron chi connectivity index (χ3n) is 3.91. The average molecular weight is 401 g/mol. The summed E-state index contributed by atoms with van der Waals surface area (Å²) in [6, 6.07) is 12.6. The molecule has 0 atom stereocenters.